The van der Waals surface area contributed by atoms with Crippen LogP contribution in [0.3, 0.4) is 0 Å². The average Bonchev–Trinajstić information content (AvgIpc) is 1.76. The van der Waals surface area contributed by atoms with E-state index in [0.717, 1.165) is 0 Å². The lowest BCUT2D eigenvalue weighted by atomic mass is 9.81. The van der Waals surface area contributed by atoms with Crippen LogP contribution in [0.2, 0.25) is 0 Å². The third kappa shape index (κ3) is 21.6. The molecule has 39 heteroatoms. The maximum Gasteiger partial charge on any atom is 0.218 e. The topological polar surface area (TPSA) is 528 Å². The predicted octanol–water partition coefficient (Wildman–Crippen LogP) is 0.294. The van der Waals surface area contributed by atoms with Gasteiger partial charge in [0.15, 0.2) is 75.4 Å². The first-order chi connectivity index (χ1) is 41.5. The van der Waals surface area contributed by atoms with Crippen LogP contribution in [-0.2, 0) is 42.6 Å². The van der Waals surface area contributed by atoms with Gasteiger partial charge in [-0.15, -0.1) is 0 Å². The Kier molecular flexibility index (Phi) is 35.7. The molecule has 1 saturated carbocycles. The van der Waals surface area contributed by atoms with Crippen LogP contribution in [0.15, 0.2) is 69.1 Å². The first-order valence-corrected chi connectivity index (χ1v) is 31.8. The molecule has 5 aliphatic rings. The van der Waals surface area contributed by atoms with Crippen LogP contribution in [0, 0.1) is 5.92 Å². The average molecular weight is 1420 g/mol. The molecular formula is C49H82O31S8. The maximum absolute atomic E-state index is 11.4. The van der Waals surface area contributed by atoms with E-state index in [9.17, 15) is 112 Å². The van der Waals surface area contributed by atoms with Crippen molar-refractivity contribution in [3.8, 4) is 0 Å². The second kappa shape index (κ2) is 39.1. The Labute approximate surface area is 548 Å². The summed E-state index contributed by atoms with van der Waals surface area (Å²) in [7, 11) is 0. The monoisotopic (exact) mass is 1420 g/mol. The molecule has 0 aromatic heterocycles. The molecule has 4 aliphatic heterocycles. The zero-order valence-corrected chi connectivity index (χ0v) is 53.6. The Morgan fingerprint density at radius 3 is 0.818 bits per heavy atom. The fraction of sp³-hybridized carbons (Fsp3) is 0.755. The summed E-state index contributed by atoms with van der Waals surface area (Å²) in [5, 5.41) is 244. The summed E-state index contributed by atoms with van der Waals surface area (Å²) in [5.74, 6) is -19.0. The van der Waals surface area contributed by atoms with Gasteiger partial charge in [0, 0.05) is 5.75 Å². The third-order valence-electron chi connectivity index (χ3n) is 13.7. The van der Waals surface area contributed by atoms with Gasteiger partial charge in [0.2, 0.25) is 37.7 Å². The summed E-state index contributed by atoms with van der Waals surface area (Å²) in [6.07, 6.45) is -46.6. The van der Waals surface area contributed by atoms with Gasteiger partial charge in [-0.2, -0.15) is 101 Å². The quantitative estimate of drug-likeness (QED) is 0.104. The van der Waals surface area contributed by atoms with E-state index in [4.69, 9.17) is 42.6 Å². The van der Waals surface area contributed by atoms with Crippen LogP contribution < -0.4 is 0 Å². The number of hydrogen-bond donors (Lipinski definition) is 30. The fourth-order valence-electron chi connectivity index (χ4n) is 8.85. The van der Waals surface area contributed by atoms with E-state index in [1.807, 2.05) is 0 Å². The molecule has 0 spiro atoms. The SMILES string of the molecule is O/C1=C(\O)C(CCS)OC(O)/C(O)=C(\O)C(CCS)OC(O)/C(O)=C(\O)C(CCS)OC(O)/C(O)=C(\O)C(CCS)OC(O)/C(O)=C(\O)C(CCS)OC2CC(CS)C(OC(O)/C(O)=C(/O)C(CCS)OC3OC(CS)C(OC1O)C(O)C3O)C(O)C2O. The van der Waals surface area contributed by atoms with Crippen molar-refractivity contribution in [1.29, 1.82) is 0 Å². The van der Waals surface area contributed by atoms with Crippen molar-refractivity contribution in [1.82, 2.24) is 0 Å². The Morgan fingerprint density at radius 2 is 0.534 bits per heavy atom. The van der Waals surface area contributed by atoms with E-state index in [0.29, 0.717) is 0 Å². The normalized spacial score (nSPS) is 42.3. The van der Waals surface area contributed by atoms with Crippen LogP contribution in [0.1, 0.15) is 44.9 Å². The van der Waals surface area contributed by atoms with Gasteiger partial charge in [0.05, 0.1) is 18.3 Å². The third-order valence-corrected chi connectivity index (χ3v) is 16.0. The predicted molar refractivity (Wildman–Crippen MR) is 332 cm³/mol. The molecule has 1 aliphatic carbocycles. The Balaban J connectivity index is 2.21. The summed E-state index contributed by atoms with van der Waals surface area (Å²) in [5.41, 5.74) is 0. The highest BCUT2D eigenvalue weighted by Crippen LogP contribution is 2.36. The van der Waals surface area contributed by atoms with E-state index >= 15 is 0 Å². The highest BCUT2D eigenvalue weighted by atomic mass is 32.1. The van der Waals surface area contributed by atoms with Crippen molar-refractivity contribution in [2.45, 2.75) is 174 Å². The fourth-order valence-corrected chi connectivity index (χ4v) is 10.9. The lowest BCUT2D eigenvalue weighted by Crippen LogP contribution is -2.61. The van der Waals surface area contributed by atoms with Gasteiger partial charge in [-0.3, -0.25) is 0 Å². The van der Waals surface area contributed by atoms with E-state index in [1.165, 1.54) is 0 Å². The number of rotatable bonds is 14. The van der Waals surface area contributed by atoms with Crippen molar-refractivity contribution in [3.05, 3.63) is 69.1 Å². The molecule has 88 heavy (non-hydrogen) atoms. The molecule has 1 saturated heterocycles. The van der Waals surface area contributed by atoms with Gasteiger partial charge >= 0.3 is 0 Å². The van der Waals surface area contributed by atoms with Gasteiger partial charge in [-0.1, -0.05) is 0 Å². The largest absolute Gasteiger partial charge is 0.506 e. The summed E-state index contributed by atoms with van der Waals surface area (Å²) in [4.78, 5) is 0. The number of ether oxygens (including phenoxy) is 9. The minimum atomic E-state index is -2.68. The van der Waals surface area contributed by atoms with Crippen LogP contribution in [0.5, 0.6) is 0 Å². The minimum Gasteiger partial charge on any atom is -0.506 e. The summed E-state index contributed by atoms with van der Waals surface area (Å²) in [6.45, 7) is 0. The highest BCUT2D eigenvalue weighted by molar-refractivity contribution is 7.81. The van der Waals surface area contributed by atoms with Crippen molar-refractivity contribution < 1.29 is 155 Å². The van der Waals surface area contributed by atoms with Crippen molar-refractivity contribution in [2.24, 2.45) is 5.92 Å². The summed E-state index contributed by atoms with van der Waals surface area (Å²) < 4.78 is 49.6. The van der Waals surface area contributed by atoms with Gasteiger partial charge in [0.1, 0.15) is 67.1 Å². The van der Waals surface area contributed by atoms with Crippen molar-refractivity contribution in [2.75, 3.05) is 46.0 Å². The second-order valence-electron chi connectivity index (χ2n) is 19.7. The van der Waals surface area contributed by atoms with E-state index < -0.39 is 236 Å². The molecule has 4 heterocycles. The minimum absolute atomic E-state index is 0.108. The lowest BCUT2D eigenvalue weighted by molar-refractivity contribution is -0.321. The van der Waals surface area contributed by atoms with E-state index in [2.05, 4.69) is 101 Å². The van der Waals surface area contributed by atoms with Crippen molar-refractivity contribution >= 4 is 101 Å². The molecule has 22 N–H and O–H groups in total. The Bertz CT molecular complexity index is 2340. The number of aliphatic hydroxyl groups is 22. The van der Waals surface area contributed by atoms with Gasteiger partial charge in [-0.05, 0) is 91.1 Å². The molecular weight excluding hydrogens is 1340 g/mol. The van der Waals surface area contributed by atoms with E-state index in [-0.39, 0.29) is 59.5 Å². The molecule has 31 nitrogen and oxygen atoms in total. The number of hydrogen-bond acceptors (Lipinski definition) is 39. The second-order valence-corrected chi connectivity index (χ2v) is 23.1. The molecule has 2 fully saturated rings. The maximum atomic E-state index is 11.4. The summed E-state index contributed by atoms with van der Waals surface area (Å²) >= 11 is 32.9. The molecule has 5 rings (SSSR count). The molecule has 22 atom stereocenters. The standard InChI is InChI=1S/C49H82O31S8/c50-25-17(1-7-81)72-23-13-16(14-87)41(32(57)31(23)56)79-47(70)39(64)30(55)22(6-12-86)77-49-40(65)33(58)42(24(15-88)78-49)80-48(71)38(63)29(54)21(5-11-85)76-46(69)37(62)28(53)20(4-10-84)75-45(68)36(61)27(52)19(3-9-83)74-44(67)35(60)26(51)18(2-8-82)73-43(66)34(25)59/h16-24,31-33,40-71,81-88H,1-15H2/b34-25+,35-26+,36-27+,37-28+,38-29-,39-30-. The van der Waals surface area contributed by atoms with Crippen LogP contribution in [0.25, 0.3) is 0 Å². The van der Waals surface area contributed by atoms with Crippen LogP contribution in [0.4, 0.5) is 0 Å². The molecule has 22 unspecified atom stereocenters. The molecule has 512 valence electrons. The van der Waals surface area contributed by atoms with Gasteiger partial charge in [-0.25, -0.2) is 0 Å². The highest BCUT2D eigenvalue weighted by Gasteiger charge is 2.50. The Hall–Kier alpha value is -1.92. The zero-order valence-electron chi connectivity index (χ0n) is 46.4. The first kappa shape index (κ1) is 80.3. The number of fused-ring (bicyclic) bond motifs is 2. The Morgan fingerprint density at radius 1 is 0.273 bits per heavy atom. The van der Waals surface area contributed by atoms with Gasteiger partial charge in [0.25, 0.3) is 0 Å². The smallest absolute Gasteiger partial charge is 0.218 e. The van der Waals surface area contributed by atoms with E-state index in [1.54, 1.807) is 0 Å². The molecule has 0 amide bonds. The number of thiol groups is 8. The number of aliphatic hydroxyl groups excluding tert-OH is 22. The zero-order chi connectivity index (χ0) is 66.6. The lowest BCUT2D eigenvalue weighted by Gasteiger charge is -2.43. The molecule has 0 radical (unpaired) electrons. The first-order valence-electron chi connectivity index (χ1n) is 26.8. The van der Waals surface area contributed by atoms with Crippen molar-refractivity contribution in [3.63, 3.8) is 0 Å². The molecule has 4 bridgehead atoms. The summed E-state index contributed by atoms with van der Waals surface area (Å²) in [6, 6.07) is 0. The molecule has 0 aromatic carbocycles. The molecule has 0 aromatic rings. The van der Waals surface area contributed by atoms with Gasteiger partial charge < -0.3 is 155 Å². The van der Waals surface area contributed by atoms with Crippen LogP contribution >= 0.6 is 101 Å². The van der Waals surface area contributed by atoms with Crippen LogP contribution in [-0.4, -0.2) is 288 Å².